The third kappa shape index (κ3) is 3.27. The zero-order chi connectivity index (χ0) is 20.0. The fraction of sp³-hybridized carbons (Fsp3) is 0.211. The van der Waals surface area contributed by atoms with Gasteiger partial charge in [0.05, 0.1) is 18.7 Å². The number of aromatic nitrogens is 3. The van der Waals surface area contributed by atoms with Gasteiger partial charge in [0.15, 0.2) is 16.7 Å². The molecule has 0 saturated carbocycles. The van der Waals surface area contributed by atoms with Crippen molar-refractivity contribution in [3.8, 4) is 0 Å². The summed E-state index contributed by atoms with van der Waals surface area (Å²) in [4.78, 5) is 34.9. The lowest BCUT2D eigenvalue weighted by atomic mass is 9.77. The van der Waals surface area contributed by atoms with Crippen LogP contribution in [0, 0.1) is 5.92 Å². The summed E-state index contributed by atoms with van der Waals surface area (Å²) in [5.74, 6) is -0.0774. The summed E-state index contributed by atoms with van der Waals surface area (Å²) in [6.07, 6.45) is 3.42. The number of Topliss-reactive ketones (excluding diaryl/α,β-unsaturated/α-hetero) is 1. The molecular weight excluding hydrogens is 412 g/mol. The van der Waals surface area contributed by atoms with Gasteiger partial charge in [-0.1, -0.05) is 11.6 Å². The number of carbonyl (C=O) groups excluding carboxylic acids is 2. The van der Waals surface area contributed by atoms with Crippen LogP contribution in [0.4, 0.5) is 10.9 Å². The molecule has 0 bridgehead atoms. The van der Waals surface area contributed by atoms with Crippen LogP contribution >= 0.6 is 22.9 Å². The maximum atomic E-state index is 12.7. The van der Waals surface area contributed by atoms with Crippen molar-refractivity contribution in [3.63, 3.8) is 0 Å². The smallest absolute Gasteiger partial charge is 0.257 e. The molecule has 29 heavy (non-hydrogen) atoms. The monoisotopic (exact) mass is 426 g/mol. The van der Waals surface area contributed by atoms with Crippen molar-refractivity contribution in [2.24, 2.45) is 10.9 Å². The molecule has 146 valence electrons. The molecular formula is C19H15ClN6O2S. The lowest BCUT2D eigenvalue weighted by molar-refractivity contribution is -0.120. The number of rotatable bonds is 3. The molecule has 2 aliphatic heterocycles. The summed E-state index contributed by atoms with van der Waals surface area (Å²) in [5, 5.41) is 13.9. The number of aliphatic imine (C=N–C) groups is 1. The number of hydrogen-bond donors (Lipinski definition) is 3. The van der Waals surface area contributed by atoms with Crippen LogP contribution in [0.15, 0.2) is 41.7 Å². The van der Waals surface area contributed by atoms with Crippen LogP contribution in [0.1, 0.15) is 26.7 Å². The number of piperidine rings is 1. The van der Waals surface area contributed by atoms with E-state index in [0.29, 0.717) is 34.6 Å². The lowest BCUT2D eigenvalue weighted by Gasteiger charge is -2.32. The fourth-order valence-corrected chi connectivity index (χ4v) is 4.81. The molecule has 1 saturated heterocycles. The highest BCUT2D eigenvalue weighted by Gasteiger charge is 2.42. The molecule has 3 N–H and O–H groups in total. The number of H-pyrrole nitrogens is 1. The Labute approximate surface area is 174 Å². The van der Waals surface area contributed by atoms with Gasteiger partial charge in [-0.25, -0.2) is 9.98 Å². The standard InChI is InChI=1S/C19H15ClN6O2S/c20-10-3-1-9(2-4-10)18(28)25-19-22-8-14(29-19)15-11-5-23-26-17(11)24-12-6-21-7-13(27)16(12)15/h1-5,8,15-16,21H,6-7H2,(H,23,26)(H,22,25,28). The molecule has 1 fully saturated rings. The lowest BCUT2D eigenvalue weighted by Crippen LogP contribution is -2.48. The van der Waals surface area contributed by atoms with Gasteiger partial charge in [-0.2, -0.15) is 5.10 Å². The number of hydrogen-bond acceptors (Lipinski definition) is 7. The molecule has 4 heterocycles. The minimum Gasteiger partial charge on any atom is -0.305 e. The van der Waals surface area contributed by atoms with E-state index in [1.54, 1.807) is 36.7 Å². The second-order valence-electron chi connectivity index (χ2n) is 6.83. The Morgan fingerprint density at radius 2 is 2.00 bits per heavy atom. The van der Waals surface area contributed by atoms with E-state index in [2.05, 4.69) is 30.8 Å². The summed E-state index contributed by atoms with van der Waals surface area (Å²) in [6, 6.07) is 6.63. The molecule has 5 rings (SSSR count). The number of carbonyl (C=O) groups is 2. The van der Waals surface area contributed by atoms with Crippen molar-refractivity contribution >= 4 is 51.3 Å². The van der Waals surface area contributed by atoms with Gasteiger partial charge >= 0.3 is 0 Å². The van der Waals surface area contributed by atoms with Crippen LogP contribution in [0.25, 0.3) is 0 Å². The average Bonchev–Trinajstić information content (AvgIpc) is 3.36. The molecule has 0 spiro atoms. The fourth-order valence-electron chi connectivity index (χ4n) is 3.71. The van der Waals surface area contributed by atoms with Gasteiger partial charge in [-0.15, -0.1) is 11.3 Å². The van der Waals surface area contributed by atoms with Crippen molar-refractivity contribution in [1.82, 2.24) is 20.5 Å². The van der Waals surface area contributed by atoms with Crippen molar-refractivity contribution in [3.05, 3.63) is 57.7 Å². The first-order valence-electron chi connectivity index (χ1n) is 8.97. The van der Waals surface area contributed by atoms with Crippen LogP contribution in [-0.2, 0) is 4.79 Å². The molecule has 8 nitrogen and oxygen atoms in total. The molecule has 0 aliphatic carbocycles. The van der Waals surface area contributed by atoms with Gasteiger partial charge in [-0.3, -0.25) is 20.0 Å². The van der Waals surface area contributed by atoms with Gasteiger partial charge in [0.25, 0.3) is 5.91 Å². The van der Waals surface area contributed by atoms with E-state index in [1.807, 2.05) is 0 Å². The van der Waals surface area contributed by atoms with Crippen molar-refractivity contribution in [1.29, 1.82) is 0 Å². The number of amides is 1. The van der Waals surface area contributed by atoms with Crippen LogP contribution in [-0.4, -0.2) is 45.7 Å². The summed E-state index contributed by atoms with van der Waals surface area (Å²) in [5.41, 5.74) is 2.15. The first-order valence-corrected chi connectivity index (χ1v) is 10.2. The van der Waals surface area contributed by atoms with Gasteiger partial charge in [0.2, 0.25) is 0 Å². The molecule has 3 aromatic rings. The Hall–Kier alpha value is -2.88. The second-order valence-corrected chi connectivity index (χ2v) is 8.33. The van der Waals surface area contributed by atoms with E-state index in [-0.39, 0.29) is 23.5 Å². The normalized spacial score (nSPS) is 20.6. The maximum absolute atomic E-state index is 12.7. The Kier molecular flexibility index (Phi) is 4.50. The number of thiazole rings is 1. The summed E-state index contributed by atoms with van der Waals surface area (Å²) < 4.78 is 0. The van der Waals surface area contributed by atoms with Crippen LogP contribution in [0.2, 0.25) is 5.02 Å². The largest absolute Gasteiger partial charge is 0.305 e. The maximum Gasteiger partial charge on any atom is 0.257 e. The second kappa shape index (κ2) is 7.18. The third-order valence-corrected chi connectivity index (χ3v) is 6.29. The van der Waals surface area contributed by atoms with Gasteiger partial charge in [-0.05, 0) is 24.3 Å². The van der Waals surface area contributed by atoms with Crippen molar-refractivity contribution < 1.29 is 9.59 Å². The molecule has 2 atom stereocenters. The summed E-state index contributed by atoms with van der Waals surface area (Å²) in [6.45, 7) is 0.872. The van der Waals surface area contributed by atoms with Crippen LogP contribution in [0.3, 0.4) is 0 Å². The Morgan fingerprint density at radius 3 is 2.83 bits per heavy atom. The Bertz CT molecular complexity index is 1140. The number of nitrogens with one attached hydrogen (secondary N) is 3. The molecule has 2 aromatic heterocycles. The highest BCUT2D eigenvalue weighted by molar-refractivity contribution is 7.15. The minimum absolute atomic E-state index is 0.0898. The van der Waals surface area contributed by atoms with Crippen LogP contribution in [0.5, 0.6) is 0 Å². The van der Waals surface area contributed by atoms with Gasteiger partial charge < -0.3 is 5.32 Å². The number of benzene rings is 1. The predicted octanol–water partition coefficient (Wildman–Crippen LogP) is 2.78. The first kappa shape index (κ1) is 18.2. The Morgan fingerprint density at radius 1 is 1.17 bits per heavy atom. The topological polar surface area (TPSA) is 112 Å². The quantitative estimate of drug-likeness (QED) is 0.596. The van der Waals surface area contributed by atoms with Gasteiger partial charge in [0.1, 0.15) is 0 Å². The van der Waals surface area contributed by atoms with Crippen LogP contribution < -0.4 is 10.6 Å². The molecule has 2 unspecified atom stereocenters. The Balaban J connectivity index is 1.45. The number of fused-ring (bicyclic) bond motifs is 2. The highest BCUT2D eigenvalue weighted by atomic mass is 35.5. The van der Waals surface area contributed by atoms with E-state index >= 15 is 0 Å². The zero-order valence-corrected chi connectivity index (χ0v) is 16.5. The molecule has 0 radical (unpaired) electrons. The van der Waals surface area contributed by atoms with E-state index in [0.717, 1.165) is 16.2 Å². The number of anilines is 1. The predicted molar refractivity (Wildman–Crippen MR) is 110 cm³/mol. The number of aromatic amines is 1. The molecule has 1 amide bonds. The number of halogens is 1. The number of ketones is 1. The van der Waals surface area contributed by atoms with E-state index < -0.39 is 0 Å². The minimum atomic E-state index is -0.346. The first-order chi connectivity index (χ1) is 14.1. The molecule has 2 aliphatic rings. The average molecular weight is 427 g/mol. The molecule has 10 heteroatoms. The van der Waals surface area contributed by atoms with Crippen molar-refractivity contribution in [2.45, 2.75) is 5.92 Å². The molecule has 1 aromatic carbocycles. The number of nitrogens with zero attached hydrogens (tertiary/aromatic N) is 3. The summed E-state index contributed by atoms with van der Waals surface area (Å²) in [7, 11) is 0. The zero-order valence-electron chi connectivity index (χ0n) is 15.0. The van der Waals surface area contributed by atoms with E-state index in [4.69, 9.17) is 11.6 Å². The van der Waals surface area contributed by atoms with E-state index in [1.165, 1.54) is 11.3 Å². The van der Waals surface area contributed by atoms with Gasteiger partial charge in [0, 0.05) is 45.4 Å². The SMILES string of the molecule is O=C(Nc1ncc(C2c3cn[nH]c3N=C3CNCC(=O)C32)s1)c1ccc(Cl)cc1. The summed E-state index contributed by atoms with van der Waals surface area (Å²) >= 11 is 7.23. The van der Waals surface area contributed by atoms with E-state index in [9.17, 15) is 9.59 Å². The third-order valence-electron chi connectivity index (χ3n) is 5.04. The van der Waals surface area contributed by atoms with Crippen molar-refractivity contribution in [2.75, 3.05) is 18.4 Å². The highest BCUT2D eigenvalue weighted by Crippen LogP contribution is 2.44.